The highest BCUT2D eigenvalue weighted by atomic mass is 79.9. The van der Waals surface area contributed by atoms with Gasteiger partial charge in [-0.15, -0.1) is 0 Å². The van der Waals surface area contributed by atoms with E-state index >= 15 is 0 Å². The van der Waals surface area contributed by atoms with Gasteiger partial charge >= 0.3 is 5.97 Å². The van der Waals surface area contributed by atoms with Crippen LogP contribution in [0.1, 0.15) is 26.2 Å². The topological polar surface area (TPSA) is 88.4 Å². The maximum Gasteiger partial charge on any atom is 0.326 e. The van der Waals surface area contributed by atoms with E-state index in [1.807, 2.05) is 6.92 Å². The summed E-state index contributed by atoms with van der Waals surface area (Å²) in [5, 5.41) is 11.5. The van der Waals surface area contributed by atoms with Crippen molar-refractivity contribution >= 4 is 27.8 Å². The molecule has 1 aromatic rings. The minimum absolute atomic E-state index is 0.200. The first-order valence-corrected chi connectivity index (χ1v) is 7.11. The second kappa shape index (κ2) is 7.84. The number of aliphatic carboxylic acids is 1. The number of carbonyl (C=O) groups excluding carboxylic acids is 1. The van der Waals surface area contributed by atoms with Gasteiger partial charge in [0.25, 0.3) is 5.56 Å². The van der Waals surface area contributed by atoms with Crippen LogP contribution in [0.4, 0.5) is 0 Å². The van der Waals surface area contributed by atoms with Crippen molar-refractivity contribution in [2.24, 2.45) is 0 Å². The molecule has 1 heterocycles. The maximum atomic E-state index is 11.8. The van der Waals surface area contributed by atoms with Crippen LogP contribution in [-0.2, 0) is 16.1 Å². The summed E-state index contributed by atoms with van der Waals surface area (Å²) in [4.78, 5) is 34.4. The number of aromatic nitrogens is 1. The van der Waals surface area contributed by atoms with Gasteiger partial charge in [-0.2, -0.15) is 0 Å². The minimum atomic E-state index is -1.06. The Morgan fingerprint density at radius 3 is 2.75 bits per heavy atom. The number of nitrogens with zero attached hydrogens (tertiary/aromatic N) is 1. The second-order valence-electron chi connectivity index (χ2n) is 4.41. The number of pyridine rings is 1. The highest BCUT2D eigenvalue weighted by molar-refractivity contribution is 9.10. The summed E-state index contributed by atoms with van der Waals surface area (Å²) in [6.45, 7) is 1.75. The molecule has 110 valence electrons. The molecule has 6 nitrogen and oxygen atoms in total. The summed E-state index contributed by atoms with van der Waals surface area (Å²) in [5.41, 5.74) is -0.316. The first-order valence-electron chi connectivity index (χ1n) is 6.32. The Morgan fingerprint density at radius 1 is 1.45 bits per heavy atom. The summed E-state index contributed by atoms with van der Waals surface area (Å²) in [7, 11) is 0. The predicted octanol–water partition coefficient (Wildman–Crippen LogP) is 1.37. The quantitative estimate of drug-likeness (QED) is 0.781. The van der Waals surface area contributed by atoms with Gasteiger partial charge in [-0.1, -0.05) is 19.8 Å². The third kappa shape index (κ3) is 5.16. The molecule has 0 fully saturated rings. The predicted molar refractivity (Wildman–Crippen MR) is 77.5 cm³/mol. The van der Waals surface area contributed by atoms with Crippen molar-refractivity contribution in [3.05, 3.63) is 33.2 Å². The molecule has 0 spiro atoms. The molecule has 20 heavy (non-hydrogen) atoms. The fourth-order valence-corrected chi connectivity index (χ4v) is 2.07. The van der Waals surface area contributed by atoms with E-state index in [9.17, 15) is 14.4 Å². The van der Waals surface area contributed by atoms with Gasteiger partial charge in [-0.25, -0.2) is 4.79 Å². The number of carboxylic acids is 1. The second-order valence-corrected chi connectivity index (χ2v) is 5.33. The van der Waals surface area contributed by atoms with Crippen molar-refractivity contribution in [3.8, 4) is 0 Å². The maximum absolute atomic E-state index is 11.8. The SMILES string of the molecule is CCCCC(NC(=O)Cn1cc(Br)ccc1=O)C(=O)O. The fourth-order valence-electron chi connectivity index (χ4n) is 1.69. The van der Waals surface area contributed by atoms with Crippen LogP contribution in [-0.4, -0.2) is 27.6 Å². The summed E-state index contributed by atoms with van der Waals surface area (Å²) in [6.07, 6.45) is 3.44. The van der Waals surface area contributed by atoms with Gasteiger partial charge in [-0.05, 0) is 28.4 Å². The highest BCUT2D eigenvalue weighted by Gasteiger charge is 2.19. The zero-order chi connectivity index (χ0) is 15.1. The molecule has 0 radical (unpaired) electrons. The van der Waals surface area contributed by atoms with E-state index in [-0.39, 0.29) is 12.1 Å². The smallest absolute Gasteiger partial charge is 0.326 e. The number of rotatable bonds is 7. The molecule has 0 aliphatic heterocycles. The van der Waals surface area contributed by atoms with Crippen LogP contribution in [0.15, 0.2) is 27.6 Å². The lowest BCUT2D eigenvalue weighted by Crippen LogP contribution is -2.43. The molecule has 1 unspecified atom stereocenters. The van der Waals surface area contributed by atoms with Crippen LogP contribution in [0.2, 0.25) is 0 Å². The van der Waals surface area contributed by atoms with Crippen LogP contribution in [0.3, 0.4) is 0 Å². The Hall–Kier alpha value is -1.63. The van der Waals surface area contributed by atoms with Crippen molar-refractivity contribution < 1.29 is 14.7 Å². The molecule has 0 bridgehead atoms. The fraction of sp³-hybridized carbons (Fsp3) is 0.462. The van der Waals surface area contributed by atoms with Crippen molar-refractivity contribution in [2.75, 3.05) is 0 Å². The molecule has 1 atom stereocenters. The zero-order valence-corrected chi connectivity index (χ0v) is 12.7. The third-order valence-corrected chi connectivity index (χ3v) is 3.21. The summed E-state index contributed by atoms with van der Waals surface area (Å²) >= 11 is 3.21. The minimum Gasteiger partial charge on any atom is -0.480 e. The molecule has 0 aliphatic carbocycles. The lowest BCUT2D eigenvalue weighted by atomic mass is 10.1. The molecular weight excluding hydrogens is 328 g/mol. The monoisotopic (exact) mass is 344 g/mol. The first-order chi connectivity index (χ1) is 9.43. The van der Waals surface area contributed by atoms with Gasteiger partial charge in [0.05, 0.1) is 0 Å². The van der Waals surface area contributed by atoms with E-state index in [1.54, 1.807) is 6.07 Å². The van der Waals surface area contributed by atoms with Gasteiger partial charge < -0.3 is 15.0 Å². The van der Waals surface area contributed by atoms with Gasteiger partial charge in [-0.3, -0.25) is 9.59 Å². The molecule has 7 heteroatoms. The lowest BCUT2D eigenvalue weighted by Gasteiger charge is -2.14. The van der Waals surface area contributed by atoms with Crippen molar-refractivity contribution in [3.63, 3.8) is 0 Å². The standard InChI is InChI=1S/C13H17BrN2O4/c1-2-3-4-10(13(19)20)15-11(17)8-16-7-9(14)5-6-12(16)18/h5-7,10H,2-4,8H2,1H3,(H,15,17)(H,19,20). The molecule has 1 rings (SSSR count). The van der Waals surface area contributed by atoms with E-state index in [1.165, 1.54) is 16.8 Å². The van der Waals surface area contributed by atoms with Crippen molar-refractivity contribution in [1.29, 1.82) is 0 Å². The first kappa shape index (κ1) is 16.4. The molecule has 1 aromatic heterocycles. The number of hydrogen-bond acceptors (Lipinski definition) is 3. The van der Waals surface area contributed by atoms with Crippen LogP contribution in [0.5, 0.6) is 0 Å². The average molecular weight is 345 g/mol. The van der Waals surface area contributed by atoms with Crippen molar-refractivity contribution in [2.45, 2.75) is 38.8 Å². The van der Waals surface area contributed by atoms with Crippen LogP contribution in [0, 0.1) is 0 Å². The third-order valence-electron chi connectivity index (χ3n) is 2.74. The molecule has 2 N–H and O–H groups in total. The molecule has 0 saturated heterocycles. The Bertz CT molecular complexity index is 541. The largest absolute Gasteiger partial charge is 0.480 e. The number of amides is 1. The van der Waals surface area contributed by atoms with Crippen LogP contribution < -0.4 is 10.9 Å². The van der Waals surface area contributed by atoms with Gasteiger partial charge in [0.1, 0.15) is 12.6 Å². The van der Waals surface area contributed by atoms with E-state index in [2.05, 4.69) is 21.2 Å². The Morgan fingerprint density at radius 2 is 2.15 bits per heavy atom. The van der Waals surface area contributed by atoms with Gasteiger partial charge in [0.15, 0.2) is 0 Å². The molecule has 0 saturated carbocycles. The molecular formula is C13H17BrN2O4. The Labute approximate surface area is 124 Å². The number of hydrogen-bond donors (Lipinski definition) is 2. The number of nitrogens with one attached hydrogen (secondary N) is 1. The number of halogens is 1. The highest BCUT2D eigenvalue weighted by Crippen LogP contribution is 2.05. The van der Waals surface area contributed by atoms with E-state index in [4.69, 9.17) is 5.11 Å². The van der Waals surface area contributed by atoms with Crippen LogP contribution >= 0.6 is 15.9 Å². The Balaban J connectivity index is 2.68. The zero-order valence-electron chi connectivity index (χ0n) is 11.1. The summed E-state index contributed by atoms with van der Waals surface area (Å²) < 4.78 is 1.89. The number of carboxylic acid groups (broad SMARTS) is 1. The Kier molecular flexibility index (Phi) is 6.44. The van der Waals surface area contributed by atoms with Gasteiger partial charge in [0, 0.05) is 16.7 Å². The molecule has 0 aliphatic rings. The van der Waals surface area contributed by atoms with E-state index in [0.29, 0.717) is 17.3 Å². The van der Waals surface area contributed by atoms with Gasteiger partial charge in [0.2, 0.25) is 5.91 Å². The average Bonchev–Trinajstić information content (AvgIpc) is 2.38. The number of carbonyl (C=O) groups is 2. The van der Waals surface area contributed by atoms with Crippen LogP contribution in [0.25, 0.3) is 0 Å². The van der Waals surface area contributed by atoms with Crippen molar-refractivity contribution in [1.82, 2.24) is 9.88 Å². The summed E-state index contributed by atoms with van der Waals surface area (Å²) in [6, 6.07) is 2.01. The van der Waals surface area contributed by atoms with E-state index < -0.39 is 17.9 Å². The molecule has 1 amide bonds. The summed E-state index contributed by atoms with van der Waals surface area (Å²) in [5.74, 6) is -1.55. The normalized spacial score (nSPS) is 11.9. The number of unbranched alkanes of at least 4 members (excludes halogenated alkanes) is 1. The van der Waals surface area contributed by atoms with E-state index in [0.717, 1.165) is 6.42 Å². The lowest BCUT2D eigenvalue weighted by molar-refractivity contribution is -0.142. The molecule has 0 aromatic carbocycles.